The first-order chi connectivity index (χ1) is 8.51. The van der Waals surface area contributed by atoms with Gasteiger partial charge < -0.3 is 14.5 Å². The van der Waals surface area contributed by atoms with E-state index in [1.54, 1.807) is 0 Å². The highest BCUT2D eigenvalue weighted by atomic mass is 16.5. The van der Waals surface area contributed by atoms with E-state index in [4.69, 9.17) is 9.15 Å². The summed E-state index contributed by atoms with van der Waals surface area (Å²) in [5.74, 6) is 1.90. The second kappa shape index (κ2) is 7.59. The molecular weight excluding hydrogens is 226 g/mol. The zero-order valence-corrected chi connectivity index (χ0v) is 12.2. The molecule has 0 saturated heterocycles. The zero-order chi connectivity index (χ0) is 13.4. The fourth-order valence-electron chi connectivity index (χ4n) is 1.53. The normalized spacial score (nSPS) is 12.0. The van der Waals surface area contributed by atoms with Gasteiger partial charge in [0.1, 0.15) is 18.1 Å². The van der Waals surface area contributed by atoms with Gasteiger partial charge in [0.25, 0.3) is 0 Å². The van der Waals surface area contributed by atoms with Crippen molar-refractivity contribution in [3.05, 3.63) is 23.7 Å². The third-order valence-corrected chi connectivity index (χ3v) is 2.68. The summed E-state index contributed by atoms with van der Waals surface area (Å²) >= 11 is 0. The molecule has 0 aliphatic rings. The van der Waals surface area contributed by atoms with Crippen LogP contribution in [0.2, 0.25) is 0 Å². The first-order valence-corrected chi connectivity index (χ1v) is 6.87. The molecule has 0 spiro atoms. The average molecular weight is 253 g/mol. The third kappa shape index (κ3) is 6.82. The molecule has 3 nitrogen and oxygen atoms in total. The minimum atomic E-state index is 0.332. The van der Waals surface area contributed by atoms with Crippen LogP contribution in [0.15, 0.2) is 16.5 Å². The van der Waals surface area contributed by atoms with Gasteiger partial charge in [0.05, 0.1) is 6.54 Å². The van der Waals surface area contributed by atoms with E-state index in [9.17, 15) is 0 Å². The largest absolute Gasteiger partial charge is 0.462 e. The predicted molar refractivity (Wildman–Crippen MR) is 74.4 cm³/mol. The van der Waals surface area contributed by atoms with E-state index in [1.165, 1.54) is 0 Å². The molecule has 0 aliphatic carbocycles. The smallest absolute Gasteiger partial charge is 0.129 e. The standard InChI is InChI=1S/C15H27NO2/c1-5-9-16-11-13-6-7-14(18-13)12-17-10-8-15(2,3)4/h6-7,16H,5,8-12H2,1-4H3. The Labute approximate surface area is 111 Å². The van der Waals surface area contributed by atoms with Crippen LogP contribution in [-0.4, -0.2) is 13.2 Å². The topological polar surface area (TPSA) is 34.4 Å². The lowest BCUT2D eigenvalue weighted by Crippen LogP contribution is -2.13. The first kappa shape index (κ1) is 15.3. The van der Waals surface area contributed by atoms with Crippen LogP contribution < -0.4 is 5.32 Å². The van der Waals surface area contributed by atoms with Gasteiger partial charge >= 0.3 is 0 Å². The number of furan rings is 1. The van der Waals surface area contributed by atoms with Crippen molar-refractivity contribution in [1.82, 2.24) is 5.32 Å². The molecule has 3 heteroatoms. The van der Waals surface area contributed by atoms with Gasteiger partial charge in [-0.1, -0.05) is 27.7 Å². The van der Waals surface area contributed by atoms with Crippen molar-refractivity contribution < 1.29 is 9.15 Å². The van der Waals surface area contributed by atoms with Crippen LogP contribution in [0.3, 0.4) is 0 Å². The van der Waals surface area contributed by atoms with Crippen molar-refractivity contribution in [2.24, 2.45) is 5.41 Å². The van der Waals surface area contributed by atoms with E-state index in [0.29, 0.717) is 12.0 Å². The van der Waals surface area contributed by atoms with Crippen molar-refractivity contribution in [3.63, 3.8) is 0 Å². The van der Waals surface area contributed by atoms with Gasteiger partial charge in [0.2, 0.25) is 0 Å². The summed E-state index contributed by atoms with van der Waals surface area (Å²) in [7, 11) is 0. The highest BCUT2D eigenvalue weighted by Gasteiger charge is 2.09. The Balaban J connectivity index is 2.19. The van der Waals surface area contributed by atoms with Gasteiger partial charge in [-0.2, -0.15) is 0 Å². The molecule has 0 unspecified atom stereocenters. The lowest BCUT2D eigenvalue weighted by molar-refractivity contribution is 0.0836. The van der Waals surface area contributed by atoms with Crippen LogP contribution in [-0.2, 0) is 17.9 Å². The summed E-state index contributed by atoms with van der Waals surface area (Å²) in [6.07, 6.45) is 2.21. The Hall–Kier alpha value is -0.800. The van der Waals surface area contributed by atoms with E-state index in [0.717, 1.165) is 44.1 Å². The summed E-state index contributed by atoms with van der Waals surface area (Å²) in [4.78, 5) is 0. The molecule has 1 aromatic heterocycles. The molecule has 0 fully saturated rings. The van der Waals surface area contributed by atoms with E-state index in [1.807, 2.05) is 12.1 Å². The van der Waals surface area contributed by atoms with Gasteiger partial charge in [-0.25, -0.2) is 0 Å². The molecule has 0 saturated carbocycles. The molecule has 1 N–H and O–H groups in total. The van der Waals surface area contributed by atoms with E-state index in [2.05, 4.69) is 33.0 Å². The predicted octanol–water partition coefficient (Wildman–Crippen LogP) is 3.73. The quantitative estimate of drug-likeness (QED) is 0.717. The van der Waals surface area contributed by atoms with E-state index < -0.39 is 0 Å². The van der Waals surface area contributed by atoms with Gasteiger partial charge in [0.15, 0.2) is 0 Å². The van der Waals surface area contributed by atoms with Crippen molar-refractivity contribution >= 4 is 0 Å². The Kier molecular flexibility index (Phi) is 6.44. The van der Waals surface area contributed by atoms with Crippen molar-refractivity contribution in [2.75, 3.05) is 13.2 Å². The van der Waals surface area contributed by atoms with Crippen LogP contribution >= 0.6 is 0 Å². The number of ether oxygens (including phenoxy) is 1. The monoisotopic (exact) mass is 253 g/mol. The number of nitrogens with one attached hydrogen (secondary N) is 1. The molecule has 0 aliphatic heterocycles. The molecule has 0 amide bonds. The summed E-state index contributed by atoms with van der Waals surface area (Å²) in [5, 5.41) is 3.32. The minimum Gasteiger partial charge on any atom is -0.462 e. The lowest BCUT2D eigenvalue weighted by Gasteiger charge is -2.17. The van der Waals surface area contributed by atoms with Gasteiger partial charge in [-0.15, -0.1) is 0 Å². The maximum absolute atomic E-state index is 5.67. The third-order valence-electron chi connectivity index (χ3n) is 2.68. The molecule has 18 heavy (non-hydrogen) atoms. The maximum atomic E-state index is 5.67. The van der Waals surface area contributed by atoms with Crippen molar-refractivity contribution in [1.29, 1.82) is 0 Å². The van der Waals surface area contributed by atoms with Crippen LogP contribution in [0.1, 0.15) is 52.1 Å². The van der Waals surface area contributed by atoms with Crippen LogP contribution in [0.25, 0.3) is 0 Å². The molecule has 0 atom stereocenters. The van der Waals surface area contributed by atoms with Gasteiger partial charge in [-0.05, 0) is 36.9 Å². The molecule has 1 aromatic rings. The van der Waals surface area contributed by atoms with Crippen molar-refractivity contribution in [2.45, 2.75) is 53.7 Å². The Morgan fingerprint density at radius 1 is 1.22 bits per heavy atom. The minimum absolute atomic E-state index is 0.332. The molecule has 1 rings (SSSR count). The molecule has 0 aromatic carbocycles. The number of rotatable bonds is 8. The molecule has 1 heterocycles. The second-order valence-electron chi connectivity index (χ2n) is 5.91. The Morgan fingerprint density at radius 2 is 1.94 bits per heavy atom. The molecule has 104 valence electrons. The zero-order valence-electron chi connectivity index (χ0n) is 12.2. The second-order valence-corrected chi connectivity index (χ2v) is 5.91. The average Bonchev–Trinajstić information content (AvgIpc) is 2.72. The summed E-state index contributed by atoms with van der Waals surface area (Å²) in [6, 6.07) is 4.02. The van der Waals surface area contributed by atoms with Gasteiger partial charge in [0, 0.05) is 6.61 Å². The summed E-state index contributed by atoms with van der Waals surface area (Å²) in [5.41, 5.74) is 0.332. The Morgan fingerprint density at radius 3 is 2.61 bits per heavy atom. The fraction of sp³-hybridized carbons (Fsp3) is 0.733. The van der Waals surface area contributed by atoms with Crippen molar-refractivity contribution in [3.8, 4) is 0 Å². The first-order valence-electron chi connectivity index (χ1n) is 6.87. The van der Waals surface area contributed by atoms with E-state index in [-0.39, 0.29) is 0 Å². The molecule has 0 bridgehead atoms. The van der Waals surface area contributed by atoms with Gasteiger partial charge in [-0.3, -0.25) is 0 Å². The molecular formula is C15H27NO2. The SMILES string of the molecule is CCCNCc1ccc(COCCC(C)(C)C)o1. The fourth-order valence-corrected chi connectivity index (χ4v) is 1.53. The Bertz CT molecular complexity index is 325. The maximum Gasteiger partial charge on any atom is 0.129 e. The summed E-state index contributed by atoms with van der Waals surface area (Å²) in [6.45, 7) is 12.0. The highest BCUT2D eigenvalue weighted by Crippen LogP contribution is 2.18. The number of hydrogen-bond acceptors (Lipinski definition) is 3. The lowest BCUT2D eigenvalue weighted by atomic mass is 9.93. The summed E-state index contributed by atoms with van der Waals surface area (Å²) < 4.78 is 11.3. The highest BCUT2D eigenvalue weighted by molar-refractivity contribution is 5.06. The number of hydrogen-bond donors (Lipinski definition) is 1. The van der Waals surface area contributed by atoms with E-state index >= 15 is 0 Å². The van der Waals surface area contributed by atoms with Crippen LogP contribution in [0, 0.1) is 5.41 Å². The molecule has 0 radical (unpaired) electrons. The van der Waals surface area contributed by atoms with Crippen LogP contribution in [0.5, 0.6) is 0 Å². The van der Waals surface area contributed by atoms with Crippen LogP contribution in [0.4, 0.5) is 0 Å².